The fourth-order valence-corrected chi connectivity index (χ4v) is 3.81. The number of fused-ring (bicyclic) bond motifs is 1. The van der Waals surface area contributed by atoms with Gasteiger partial charge in [0.25, 0.3) is 0 Å². The van der Waals surface area contributed by atoms with Gasteiger partial charge in [-0.1, -0.05) is 6.07 Å². The van der Waals surface area contributed by atoms with Gasteiger partial charge in [-0.2, -0.15) is 0 Å². The Balaban J connectivity index is 1.16. The fourth-order valence-electron chi connectivity index (χ4n) is 3.81. The van der Waals surface area contributed by atoms with Crippen molar-refractivity contribution in [1.82, 2.24) is 9.80 Å². The number of hydrogen-bond donors (Lipinski definition) is 2. The number of hydrogen-bond acceptors (Lipinski definition) is 7. The molecule has 31 heavy (non-hydrogen) atoms. The molecule has 1 amide bonds. The lowest BCUT2D eigenvalue weighted by Gasteiger charge is -2.35. The molecule has 0 aliphatic carbocycles. The fraction of sp³-hybridized carbons (Fsp3) is 0.435. The van der Waals surface area contributed by atoms with E-state index < -0.39 is 6.10 Å². The maximum Gasteiger partial charge on any atom is 0.231 e. The normalized spacial score (nSPS) is 17.4. The molecule has 8 heteroatoms. The van der Waals surface area contributed by atoms with E-state index in [-0.39, 0.29) is 12.5 Å². The van der Waals surface area contributed by atoms with Gasteiger partial charge in [-0.15, -0.1) is 0 Å². The number of nitrogens with zero attached hydrogens (tertiary/aromatic N) is 2. The van der Waals surface area contributed by atoms with Crippen molar-refractivity contribution in [3.8, 4) is 17.2 Å². The largest absolute Gasteiger partial charge is 0.491 e. The van der Waals surface area contributed by atoms with Crippen LogP contribution < -0.4 is 19.5 Å². The third kappa shape index (κ3) is 6.10. The van der Waals surface area contributed by atoms with Gasteiger partial charge in [0, 0.05) is 51.9 Å². The summed E-state index contributed by atoms with van der Waals surface area (Å²) in [6.07, 6.45) is -0.560. The molecular formula is C23H29N3O5. The molecule has 2 aliphatic rings. The van der Waals surface area contributed by atoms with Crippen LogP contribution in [0.2, 0.25) is 0 Å². The second kappa shape index (κ2) is 10.00. The Kier molecular flexibility index (Phi) is 6.91. The average Bonchev–Trinajstić information content (AvgIpc) is 3.22. The molecule has 1 fully saturated rings. The van der Waals surface area contributed by atoms with Crippen LogP contribution in [0.25, 0.3) is 0 Å². The highest BCUT2D eigenvalue weighted by Gasteiger charge is 2.21. The van der Waals surface area contributed by atoms with Crippen LogP contribution in [0, 0.1) is 0 Å². The molecular weight excluding hydrogens is 398 g/mol. The Morgan fingerprint density at radius 3 is 2.52 bits per heavy atom. The Hall–Kier alpha value is -2.81. The molecule has 1 atom stereocenters. The van der Waals surface area contributed by atoms with E-state index in [0.717, 1.165) is 49.9 Å². The first-order valence-corrected chi connectivity index (χ1v) is 10.6. The number of β-amino-alcohol motifs (C(OH)–C–C–N with tert-alkyl or cyclic N) is 1. The van der Waals surface area contributed by atoms with Gasteiger partial charge in [0.05, 0.1) is 0 Å². The summed E-state index contributed by atoms with van der Waals surface area (Å²) in [4.78, 5) is 15.7. The van der Waals surface area contributed by atoms with Crippen molar-refractivity contribution < 1.29 is 24.1 Å². The number of carbonyl (C=O) groups excluding carboxylic acids is 1. The second-order valence-electron chi connectivity index (χ2n) is 7.93. The molecule has 2 N–H and O–H groups in total. The molecule has 8 nitrogen and oxygen atoms in total. The number of aliphatic hydroxyl groups is 1. The highest BCUT2D eigenvalue weighted by Crippen LogP contribution is 2.32. The smallest absolute Gasteiger partial charge is 0.231 e. The number of nitrogens with one attached hydrogen (secondary N) is 1. The highest BCUT2D eigenvalue weighted by atomic mass is 16.7. The van der Waals surface area contributed by atoms with Gasteiger partial charge in [-0.05, 0) is 42.0 Å². The quantitative estimate of drug-likeness (QED) is 0.666. The lowest BCUT2D eigenvalue weighted by molar-refractivity contribution is -0.114. The molecule has 1 saturated heterocycles. The Labute approximate surface area is 182 Å². The Morgan fingerprint density at radius 1 is 1.06 bits per heavy atom. The van der Waals surface area contributed by atoms with Crippen LogP contribution in [-0.2, 0) is 11.3 Å². The van der Waals surface area contributed by atoms with E-state index >= 15 is 0 Å². The van der Waals surface area contributed by atoms with Crippen molar-refractivity contribution >= 4 is 11.6 Å². The average molecular weight is 428 g/mol. The lowest BCUT2D eigenvalue weighted by Crippen LogP contribution is -2.48. The van der Waals surface area contributed by atoms with E-state index in [2.05, 4.69) is 27.2 Å². The van der Waals surface area contributed by atoms with Gasteiger partial charge in [0.1, 0.15) is 18.5 Å². The van der Waals surface area contributed by atoms with Crippen molar-refractivity contribution in [2.24, 2.45) is 0 Å². The van der Waals surface area contributed by atoms with E-state index in [4.69, 9.17) is 14.2 Å². The lowest BCUT2D eigenvalue weighted by atomic mass is 10.1. The molecule has 0 unspecified atom stereocenters. The maximum atomic E-state index is 11.1. The first kappa shape index (κ1) is 21.4. The summed E-state index contributed by atoms with van der Waals surface area (Å²) in [7, 11) is 0. The van der Waals surface area contributed by atoms with E-state index in [1.807, 2.05) is 6.07 Å². The highest BCUT2D eigenvalue weighted by molar-refractivity contribution is 5.88. The second-order valence-corrected chi connectivity index (χ2v) is 7.93. The SMILES string of the molecule is CC(=O)Nc1ccc(OC[C@H](O)CN2CCN(Cc3ccc4c(c3)OCO4)CC2)cc1. The van der Waals surface area contributed by atoms with Gasteiger partial charge in [-0.3, -0.25) is 14.6 Å². The standard InChI is InChI=1S/C23H29N3O5/c1-17(27)24-19-3-5-21(6-4-19)29-15-20(28)14-26-10-8-25(9-11-26)13-18-2-7-22-23(12-18)31-16-30-22/h2-7,12,20,28H,8-11,13-16H2,1H3,(H,24,27)/t20-/m1/s1. The minimum Gasteiger partial charge on any atom is -0.491 e. The number of anilines is 1. The van der Waals surface area contributed by atoms with E-state index in [1.165, 1.54) is 12.5 Å². The van der Waals surface area contributed by atoms with Gasteiger partial charge in [-0.25, -0.2) is 0 Å². The molecule has 2 aliphatic heterocycles. The number of ether oxygens (including phenoxy) is 3. The van der Waals surface area contributed by atoms with E-state index in [1.54, 1.807) is 24.3 Å². The number of carbonyl (C=O) groups is 1. The minimum atomic E-state index is -0.560. The number of amides is 1. The third-order valence-corrected chi connectivity index (χ3v) is 5.39. The van der Waals surface area contributed by atoms with Gasteiger partial charge in [0.2, 0.25) is 12.7 Å². The Morgan fingerprint density at radius 2 is 1.77 bits per heavy atom. The first-order valence-electron chi connectivity index (χ1n) is 10.6. The summed E-state index contributed by atoms with van der Waals surface area (Å²) in [5.74, 6) is 2.19. The molecule has 0 spiro atoms. The van der Waals surface area contributed by atoms with E-state index in [9.17, 15) is 9.90 Å². The predicted octanol–water partition coefficient (Wildman–Crippen LogP) is 1.93. The zero-order chi connectivity index (χ0) is 21.6. The van der Waals surface area contributed by atoms with Crippen LogP contribution in [0.4, 0.5) is 5.69 Å². The summed E-state index contributed by atoms with van der Waals surface area (Å²) >= 11 is 0. The topological polar surface area (TPSA) is 83.5 Å². The molecule has 2 aromatic carbocycles. The van der Waals surface area contributed by atoms with Crippen LogP contribution in [-0.4, -0.2) is 73.0 Å². The van der Waals surface area contributed by atoms with Crippen LogP contribution in [0.3, 0.4) is 0 Å². The van der Waals surface area contributed by atoms with Gasteiger partial charge >= 0.3 is 0 Å². The van der Waals surface area contributed by atoms with Gasteiger partial charge < -0.3 is 24.6 Å². The molecule has 0 aromatic heterocycles. The molecule has 2 aromatic rings. The predicted molar refractivity (Wildman–Crippen MR) is 117 cm³/mol. The minimum absolute atomic E-state index is 0.111. The molecule has 166 valence electrons. The zero-order valence-corrected chi connectivity index (χ0v) is 17.8. The monoisotopic (exact) mass is 427 g/mol. The molecule has 0 bridgehead atoms. The first-order chi connectivity index (χ1) is 15.0. The zero-order valence-electron chi connectivity index (χ0n) is 17.8. The van der Waals surface area contributed by atoms with Crippen molar-refractivity contribution in [2.75, 3.05) is 51.4 Å². The van der Waals surface area contributed by atoms with Gasteiger partial charge in [0.15, 0.2) is 11.5 Å². The Bertz CT molecular complexity index is 881. The molecule has 0 radical (unpaired) electrons. The number of aliphatic hydroxyl groups excluding tert-OH is 1. The third-order valence-electron chi connectivity index (χ3n) is 5.39. The van der Waals surface area contributed by atoms with Crippen molar-refractivity contribution in [2.45, 2.75) is 19.6 Å². The van der Waals surface area contributed by atoms with E-state index in [0.29, 0.717) is 19.1 Å². The molecule has 0 saturated carbocycles. The summed E-state index contributed by atoms with van der Waals surface area (Å²) in [5, 5.41) is 13.1. The van der Waals surface area contributed by atoms with Crippen LogP contribution in [0.15, 0.2) is 42.5 Å². The maximum absolute atomic E-state index is 11.1. The number of piperazine rings is 1. The van der Waals surface area contributed by atoms with Crippen LogP contribution >= 0.6 is 0 Å². The summed E-state index contributed by atoms with van der Waals surface area (Å²) in [6.45, 7) is 7.19. The van der Waals surface area contributed by atoms with Crippen molar-refractivity contribution in [3.63, 3.8) is 0 Å². The number of benzene rings is 2. The van der Waals surface area contributed by atoms with Crippen LogP contribution in [0.5, 0.6) is 17.2 Å². The molecule has 4 rings (SSSR count). The van der Waals surface area contributed by atoms with Crippen molar-refractivity contribution in [1.29, 1.82) is 0 Å². The molecule has 2 heterocycles. The summed E-state index contributed by atoms with van der Waals surface area (Å²) in [6, 6.07) is 13.2. The number of rotatable bonds is 8. The van der Waals surface area contributed by atoms with Crippen LogP contribution in [0.1, 0.15) is 12.5 Å². The van der Waals surface area contributed by atoms with Crippen molar-refractivity contribution in [3.05, 3.63) is 48.0 Å². The summed E-state index contributed by atoms with van der Waals surface area (Å²) < 4.78 is 16.5. The summed E-state index contributed by atoms with van der Waals surface area (Å²) in [5.41, 5.74) is 1.94.